The molecule has 9 heteroatoms. The highest BCUT2D eigenvalue weighted by Gasteiger charge is 2.24. The lowest BCUT2D eigenvalue weighted by atomic mass is 10.0. The SMILES string of the molecule is Cc1ccc(NS(=O)(=O)c2ccc(C(=O)NCC(c3ccc(F)cc3)N3CCOCC3)cc2)cc1. The van der Waals surface area contributed by atoms with Crippen molar-refractivity contribution in [3.63, 3.8) is 0 Å². The fourth-order valence-electron chi connectivity index (χ4n) is 3.94. The number of rotatable bonds is 8. The number of halogens is 1. The van der Waals surface area contributed by atoms with Gasteiger partial charge in [-0.2, -0.15) is 0 Å². The van der Waals surface area contributed by atoms with Gasteiger partial charge in [0.15, 0.2) is 0 Å². The largest absolute Gasteiger partial charge is 0.379 e. The van der Waals surface area contributed by atoms with Gasteiger partial charge in [-0.3, -0.25) is 14.4 Å². The molecular formula is C26H28FN3O4S. The van der Waals surface area contributed by atoms with Gasteiger partial charge >= 0.3 is 0 Å². The van der Waals surface area contributed by atoms with E-state index in [9.17, 15) is 17.6 Å². The van der Waals surface area contributed by atoms with E-state index >= 15 is 0 Å². The van der Waals surface area contributed by atoms with Crippen molar-refractivity contribution < 1.29 is 22.3 Å². The topological polar surface area (TPSA) is 87.7 Å². The van der Waals surface area contributed by atoms with Crippen LogP contribution in [0.4, 0.5) is 10.1 Å². The highest BCUT2D eigenvalue weighted by Crippen LogP contribution is 2.22. The summed E-state index contributed by atoms with van der Waals surface area (Å²) >= 11 is 0. The molecule has 1 unspecified atom stereocenters. The molecule has 0 radical (unpaired) electrons. The average molecular weight is 498 g/mol. The molecule has 0 saturated carbocycles. The second-order valence-corrected chi connectivity index (χ2v) is 10.1. The van der Waals surface area contributed by atoms with Crippen LogP contribution in [0.3, 0.4) is 0 Å². The highest BCUT2D eigenvalue weighted by molar-refractivity contribution is 7.92. The number of aryl methyl sites for hydroxylation is 1. The zero-order valence-electron chi connectivity index (χ0n) is 19.4. The Morgan fingerprint density at radius 3 is 2.23 bits per heavy atom. The third-order valence-electron chi connectivity index (χ3n) is 5.93. The summed E-state index contributed by atoms with van der Waals surface area (Å²) in [6.07, 6.45) is 0. The van der Waals surface area contributed by atoms with E-state index in [0.29, 0.717) is 44.1 Å². The van der Waals surface area contributed by atoms with Crippen LogP contribution in [-0.2, 0) is 14.8 Å². The molecule has 0 spiro atoms. The van der Waals surface area contributed by atoms with Gasteiger partial charge in [0.2, 0.25) is 0 Å². The number of sulfonamides is 1. The Hall–Kier alpha value is -3.27. The molecule has 0 bridgehead atoms. The van der Waals surface area contributed by atoms with Crippen molar-refractivity contribution in [1.82, 2.24) is 10.2 Å². The van der Waals surface area contributed by atoms with Gasteiger partial charge in [-0.1, -0.05) is 29.8 Å². The van der Waals surface area contributed by atoms with Crippen LogP contribution >= 0.6 is 0 Å². The van der Waals surface area contributed by atoms with Crippen LogP contribution in [0.5, 0.6) is 0 Å². The first-order chi connectivity index (χ1) is 16.8. The van der Waals surface area contributed by atoms with Crippen molar-refractivity contribution in [2.24, 2.45) is 0 Å². The number of carbonyl (C=O) groups is 1. The van der Waals surface area contributed by atoms with Crippen LogP contribution in [-0.4, -0.2) is 52.1 Å². The summed E-state index contributed by atoms with van der Waals surface area (Å²) < 4.78 is 46.8. The van der Waals surface area contributed by atoms with E-state index in [1.54, 1.807) is 24.3 Å². The predicted octanol–water partition coefficient (Wildman–Crippen LogP) is 3.74. The van der Waals surface area contributed by atoms with E-state index in [0.717, 1.165) is 11.1 Å². The van der Waals surface area contributed by atoms with Gasteiger partial charge < -0.3 is 10.1 Å². The Morgan fingerprint density at radius 1 is 0.971 bits per heavy atom. The molecule has 1 amide bonds. The quantitative estimate of drug-likeness (QED) is 0.495. The first-order valence-electron chi connectivity index (χ1n) is 11.4. The number of morpholine rings is 1. The highest BCUT2D eigenvalue weighted by atomic mass is 32.2. The van der Waals surface area contributed by atoms with Crippen LogP contribution in [0.25, 0.3) is 0 Å². The molecule has 4 rings (SSSR count). The number of ether oxygens (including phenoxy) is 1. The number of nitrogens with one attached hydrogen (secondary N) is 2. The normalized spacial score (nSPS) is 15.4. The molecule has 184 valence electrons. The van der Waals surface area contributed by atoms with Gasteiger partial charge in [0.25, 0.3) is 15.9 Å². The van der Waals surface area contributed by atoms with E-state index < -0.39 is 10.0 Å². The summed E-state index contributed by atoms with van der Waals surface area (Å²) in [5.41, 5.74) is 2.74. The summed E-state index contributed by atoms with van der Waals surface area (Å²) in [5.74, 6) is -0.633. The van der Waals surface area contributed by atoms with Gasteiger partial charge in [0.1, 0.15) is 5.82 Å². The number of hydrogen-bond donors (Lipinski definition) is 2. The maximum absolute atomic E-state index is 13.4. The molecule has 2 N–H and O–H groups in total. The van der Waals surface area contributed by atoms with Crippen molar-refractivity contribution >= 4 is 21.6 Å². The van der Waals surface area contributed by atoms with Crippen LogP contribution in [0.1, 0.15) is 27.5 Å². The third kappa shape index (κ3) is 6.45. The monoisotopic (exact) mass is 497 g/mol. The number of nitrogens with zero attached hydrogens (tertiary/aromatic N) is 1. The molecule has 1 heterocycles. The minimum Gasteiger partial charge on any atom is -0.379 e. The lowest BCUT2D eigenvalue weighted by molar-refractivity contribution is 0.0162. The molecule has 0 aliphatic carbocycles. The summed E-state index contributed by atoms with van der Waals surface area (Å²) in [4.78, 5) is 15.1. The van der Waals surface area contributed by atoms with Crippen molar-refractivity contribution in [3.05, 3.63) is 95.3 Å². The van der Waals surface area contributed by atoms with Gasteiger partial charge in [-0.15, -0.1) is 0 Å². The number of amides is 1. The first-order valence-corrected chi connectivity index (χ1v) is 12.9. The lowest BCUT2D eigenvalue weighted by Crippen LogP contribution is -2.43. The average Bonchev–Trinajstić information content (AvgIpc) is 2.87. The van der Waals surface area contributed by atoms with E-state index in [4.69, 9.17) is 4.74 Å². The van der Waals surface area contributed by atoms with Crippen LogP contribution in [0.15, 0.2) is 77.7 Å². The molecule has 1 aliphatic rings. The molecule has 1 saturated heterocycles. The van der Waals surface area contributed by atoms with Crippen molar-refractivity contribution in [3.8, 4) is 0 Å². The maximum atomic E-state index is 13.4. The van der Waals surface area contributed by atoms with Gasteiger partial charge in [0, 0.05) is 30.9 Å². The number of carbonyl (C=O) groups excluding carboxylic acids is 1. The smallest absolute Gasteiger partial charge is 0.261 e. The first kappa shape index (κ1) is 24.8. The molecule has 3 aromatic carbocycles. The van der Waals surface area contributed by atoms with E-state index in [1.165, 1.54) is 36.4 Å². The molecule has 7 nitrogen and oxygen atoms in total. The summed E-state index contributed by atoms with van der Waals surface area (Å²) in [6.45, 7) is 4.84. The van der Waals surface area contributed by atoms with Gasteiger partial charge in [-0.25, -0.2) is 12.8 Å². The summed E-state index contributed by atoms with van der Waals surface area (Å²) in [7, 11) is -3.78. The fraction of sp³-hybridized carbons (Fsp3) is 0.269. The minimum atomic E-state index is -3.78. The molecule has 0 aromatic heterocycles. The molecule has 1 fully saturated rings. The van der Waals surface area contributed by atoms with Crippen LogP contribution < -0.4 is 10.0 Å². The zero-order valence-corrected chi connectivity index (χ0v) is 20.2. The second kappa shape index (κ2) is 11.0. The van der Waals surface area contributed by atoms with Crippen molar-refractivity contribution in [2.45, 2.75) is 17.9 Å². The Balaban J connectivity index is 1.42. The van der Waals surface area contributed by atoms with Gasteiger partial charge in [0.05, 0.1) is 24.2 Å². The standard InChI is InChI=1S/C26H28FN3O4S/c1-19-2-10-23(11-3-19)29-35(32,33)24-12-6-21(7-13-24)26(31)28-18-25(30-14-16-34-17-15-30)20-4-8-22(27)9-5-20/h2-13,25,29H,14-18H2,1H3,(H,28,31). The van der Waals surface area contributed by atoms with Crippen LogP contribution in [0, 0.1) is 12.7 Å². The molecule has 3 aromatic rings. The van der Waals surface area contributed by atoms with Crippen molar-refractivity contribution in [2.75, 3.05) is 37.6 Å². The molecular weight excluding hydrogens is 469 g/mol. The van der Waals surface area contributed by atoms with E-state index in [1.807, 2.05) is 19.1 Å². The lowest BCUT2D eigenvalue weighted by Gasteiger charge is -2.35. The van der Waals surface area contributed by atoms with E-state index in [2.05, 4.69) is 14.9 Å². The van der Waals surface area contributed by atoms with Crippen molar-refractivity contribution in [1.29, 1.82) is 0 Å². The Labute approximate surface area is 205 Å². The predicted molar refractivity (Wildman–Crippen MR) is 132 cm³/mol. The number of anilines is 1. The van der Waals surface area contributed by atoms with Crippen LogP contribution in [0.2, 0.25) is 0 Å². The molecule has 35 heavy (non-hydrogen) atoms. The Kier molecular flexibility index (Phi) is 7.80. The molecule has 1 aliphatic heterocycles. The number of hydrogen-bond acceptors (Lipinski definition) is 5. The Morgan fingerprint density at radius 2 is 1.60 bits per heavy atom. The molecule has 1 atom stereocenters. The van der Waals surface area contributed by atoms with Gasteiger partial charge in [-0.05, 0) is 61.0 Å². The third-order valence-corrected chi connectivity index (χ3v) is 7.32. The summed E-state index contributed by atoms with van der Waals surface area (Å²) in [6, 6.07) is 19.0. The zero-order chi connectivity index (χ0) is 24.8. The maximum Gasteiger partial charge on any atom is 0.261 e. The number of benzene rings is 3. The fourth-order valence-corrected chi connectivity index (χ4v) is 5.00. The summed E-state index contributed by atoms with van der Waals surface area (Å²) in [5, 5.41) is 2.93. The van der Waals surface area contributed by atoms with E-state index in [-0.39, 0.29) is 22.7 Å². The second-order valence-electron chi connectivity index (χ2n) is 8.42. The Bertz CT molecular complexity index is 1240. The minimum absolute atomic E-state index is 0.0622.